The molecule has 1 amide bonds. The number of aliphatic hydroxyl groups excluding tert-OH is 1. The molecule has 0 aliphatic carbocycles. The third kappa shape index (κ3) is 5.99. The van der Waals surface area contributed by atoms with Gasteiger partial charge in [0.05, 0.1) is 6.54 Å². The summed E-state index contributed by atoms with van der Waals surface area (Å²) in [5, 5.41) is 8.75. The molecule has 0 atom stereocenters. The summed E-state index contributed by atoms with van der Waals surface area (Å²) in [5.41, 5.74) is 7.85. The molecule has 0 aliphatic rings. The van der Waals surface area contributed by atoms with Crippen LogP contribution in [0.4, 0.5) is 0 Å². The Morgan fingerprint density at radius 3 is 2.71 bits per heavy atom. The van der Waals surface area contributed by atoms with Crippen molar-refractivity contribution in [2.24, 2.45) is 5.73 Å². The molecule has 1 aromatic rings. The Morgan fingerprint density at radius 1 is 1.29 bits per heavy atom. The minimum atomic E-state index is -0.00139. The van der Waals surface area contributed by atoms with Crippen molar-refractivity contribution in [1.82, 2.24) is 4.90 Å². The molecule has 0 radical (unpaired) electrons. The van der Waals surface area contributed by atoms with Crippen LogP contribution < -0.4 is 5.73 Å². The SMILES string of the molecule is Cc1cc(C#CCN)cc(C(=O)N(C)CCCCCO)c1. The van der Waals surface area contributed by atoms with E-state index < -0.39 is 0 Å². The number of aliphatic hydroxyl groups is 1. The van der Waals surface area contributed by atoms with Gasteiger partial charge < -0.3 is 15.7 Å². The molecular formula is C17H24N2O2. The van der Waals surface area contributed by atoms with E-state index in [-0.39, 0.29) is 12.5 Å². The Hall–Kier alpha value is -1.83. The smallest absolute Gasteiger partial charge is 0.253 e. The second kappa shape index (κ2) is 9.17. The van der Waals surface area contributed by atoms with Crippen LogP contribution >= 0.6 is 0 Å². The normalized spacial score (nSPS) is 9.90. The first-order valence-electron chi connectivity index (χ1n) is 7.25. The van der Waals surface area contributed by atoms with Crippen LogP contribution in [-0.2, 0) is 0 Å². The predicted octanol–water partition coefficient (Wildman–Crippen LogP) is 1.54. The van der Waals surface area contributed by atoms with Gasteiger partial charge in [-0.15, -0.1) is 0 Å². The van der Waals surface area contributed by atoms with Crippen LogP contribution in [0.1, 0.15) is 40.7 Å². The van der Waals surface area contributed by atoms with Gasteiger partial charge in [0.1, 0.15) is 0 Å². The fourth-order valence-electron chi connectivity index (χ4n) is 2.09. The van der Waals surface area contributed by atoms with E-state index in [1.165, 1.54) is 0 Å². The molecule has 21 heavy (non-hydrogen) atoms. The quantitative estimate of drug-likeness (QED) is 0.616. The molecule has 0 aromatic heterocycles. The maximum absolute atomic E-state index is 12.4. The molecule has 4 heteroatoms. The summed E-state index contributed by atoms with van der Waals surface area (Å²) in [6, 6.07) is 5.63. The Balaban J connectivity index is 2.74. The summed E-state index contributed by atoms with van der Waals surface area (Å²) in [7, 11) is 1.80. The van der Waals surface area contributed by atoms with E-state index >= 15 is 0 Å². The third-order valence-corrected chi connectivity index (χ3v) is 3.16. The Labute approximate surface area is 127 Å². The van der Waals surface area contributed by atoms with E-state index in [9.17, 15) is 4.79 Å². The highest BCUT2D eigenvalue weighted by Gasteiger charge is 2.12. The maximum Gasteiger partial charge on any atom is 0.253 e. The number of carbonyl (C=O) groups is 1. The zero-order valence-corrected chi connectivity index (χ0v) is 12.9. The molecule has 1 rings (SSSR count). The predicted molar refractivity (Wildman–Crippen MR) is 85.0 cm³/mol. The molecule has 0 unspecified atom stereocenters. The number of nitrogens with two attached hydrogens (primary N) is 1. The van der Waals surface area contributed by atoms with Gasteiger partial charge in [0, 0.05) is 31.3 Å². The van der Waals surface area contributed by atoms with Gasteiger partial charge in [0.15, 0.2) is 0 Å². The van der Waals surface area contributed by atoms with Crippen LogP contribution in [-0.4, -0.2) is 42.7 Å². The van der Waals surface area contributed by atoms with E-state index in [4.69, 9.17) is 10.8 Å². The molecule has 4 nitrogen and oxygen atoms in total. The van der Waals surface area contributed by atoms with Crippen molar-refractivity contribution in [3.63, 3.8) is 0 Å². The van der Waals surface area contributed by atoms with Crippen molar-refractivity contribution in [2.75, 3.05) is 26.7 Å². The van der Waals surface area contributed by atoms with Crippen molar-refractivity contribution >= 4 is 5.91 Å². The number of aryl methyl sites for hydroxylation is 1. The maximum atomic E-state index is 12.4. The average Bonchev–Trinajstić information content (AvgIpc) is 2.48. The summed E-state index contributed by atoms with van der Waals surface area (Å²) in [5.74, 6) is 5.77. The summed E-state index contributed by atoms with van der Waals surface area (Å²) in [6.45, 7) is 3.16. The molecule has 0 saturated heterocycles. The van der Waals surface area contributed by atoms with E-state index in [0.717, 1.165) is 30.4 Å². The van der Waals surface area contributed by atoms with E-state index in [0.29, 0.717) is 18.7 Å². The van der Waals surface area contributed by atoms with Gasteiger partial charge in [-0.2, -0.15) is 0 Å². The van der Waals surface area contributed by atoms with Gasteiger partial charge >= 0.3 is 0 Å². The van der Waals surface area contributed by atoms with Crippen LogP contribution in [0, 0.1) is 18.8 Å². The van der Waals surface area contributed by atoms with Gasteiger partial charge in [-0.3, -0.25) is 4.79 Å². The first kappa shape index (κ1) is 17.2. The lowest BCUT2D eigenvalue weighted by Gasteiger charge is -2.17. The summed E-state index contributed by atoms with van der Waals surface area (Å²) >= 11 is 0. The average molecular weight is 288 g/mol. The third-order valence-electron chi connectivity index (χ3n) is 3.16. The topological polar surface area (TPSA) is 66.6 Å². The lowest BCUT2D eigenvalue weighted by molar-refractivity contribution is 0.0792. The lowest BCUT2D eigenvalue weighted by Crippen LogP contribution is -2.27. The number of hydrogen-bond acceptors (Lipinski definition) is 3. The molecule has 114 valence electrons. The number of amides is 1. The molecule has 0 heterocycles. The number of unbranched alkanes of at least 4 members (excludes halogenated alkanes) is 2. The van der Waals surface area contributed by atoms with Crippen molar-refractivity contribution < 1.29 is 9.90 Å². The molecule has 0 aliphatic heterocycles. The molecule has 0 saturated carbocycles. The Morgan fingerprint density at radius 2 is 2.05 bits per heavy atom. The lowest BCUT2D eigenvalue weighted by atomic mass is 10.1. The first-order valence-corrected chi connectivity index (χ1v) is 7.25. The minimum Gasteiger partial charge on any atom is -0.396 e. The van der Waals surface area contributed by atoms with Crippen molar-refractivity contribution in [3.05, 3.63) is 34.9 Å². The highest BCUT2D eigenvalue weighted by atomic mass is 16.2. The zero-order chi connectivity index (χ0) is 15.7. The van der Waals surface area contributed by atoms with Crippen LogP contribution in [0.3, 0.4) is 0 Å². The Bertz CT molecular complexity index is 529. The van der Waals surface area contributed by atoms with Crippen molar-refractivity contribution in [1.29, 1.82) is 0 Å². The van der Waals surface area contributed by atoms with E-state index in [2.05, 4.69) is 11.8 Å². The number of rotatable bonds is 6. The monoisotopic (exact) mass is 288 g/mol. The second-order valence-corrected chi connectivity index (χ2v) is 5.10. The van der Waals surface area contributed by atoms with Gasteiger partial charge in [-0.05, 0) is 49.9 Å². The fraction of sp³-hybridized carbons (Fsp3) is 0.471. The first-order chi connectivity index (χ1) is 10.1. The molecule has 0 spiro atoms. The summed E-state index contributed by atoms with van der Waals surface area (Å²) < 4.78 is 0. The van der Waals surface area contributed by atoms with Crippen LogP contribution in [0.15, 0.2) is 18.2 Å². The van der Waals surface area contributed by atoms with Gasteiger partial charge in [0.2, 0.25) is 0 Å². The molecule has 0 bridgehead atoms. The molecular weight excluding hydrogens is 264 g/mol. The van der Waals surface area contributed by atoms with Crippen LogP contribution in [0.25, 0.3) is 0 Å². The van der Waals surface area contributed by atoms with Crippen molar-refractivity contribution in [3.8, 4) is 11.8 Å². The van der Waals surface area contributed by atoms with Crippen molar-refractivity contribution in [2.45, 2.75) is 26.2 Å². The highest BCUT2D eigenvalue weighted by molar-refractivity contribution is 5.94. The molecule has 0 fully saturated rings. The highest BCUT2D eigenvalue weighted by Crippen LogP contribution is 2.12. The van der Waals surface area contributed by atoms with Gasteiger partial charge in [0.25, 0.3) is 5.91 Å². The zero-order valence-electron chi connectivity index (χ0n) is 12.9. The number of carbonyl (C=O) groups excluding carboxylic acids is 1. The van der Waals surface area contributed by atoms with Crippen LogP contribution in [0.5, 0.6) is 0 Å². The largest absolute Gasteiger partial charge is 0.396 e. The number of benzene rings is 1. The Kier molecular flexibility index (Phi) is 7.52. The molecule has 1 aromatic carbocycles. The molecule has 3 N–H and O–H groups in total. The number of nitrogens with zero attached hydrogens (tertiary/aromatic N) is 1. The van der Waals surface area contributed by atoms with E-state index in [1.54, 1.807) is 11.9 Å². The van der Waals surface area contributed by atoms with Gasteiger partial charge in [-0.25, -0.2) is 0 Å². The fourth-order valence-corrected chi connectivity index (χ4v) is 2.09. The van der Waals surface area contributed by atoms with E-state index in [1.807, 2.05) is 25.1 Å². The standard InChI is InChI=1S/C17H24N2O2/c1-14-11-15(7-6-8-18)13-16(12-14)17(21)19(2)9-4-3-5-10-20/h11-13,20H,3-5,8-10,18H2,1-2H3. The summed E-state index contributed by atoms with van der Waals surface area (Å²) in [4.78, 5) is 14.1. The van der Waals surface area contributed by atoms with Crippen LogP contribution in [0.2, 0.25) is 0 Å². The number of hydrogen-bond donors (Lipinski definition) is 2. The minimum absolute atomic E-state index is 0.00139. The summed E-state index contributed by atoms with van der Waals surface area (Å²) in [6.07, 6.45) is 2.61. The second-order valence-electron chi connectivity index (χ2n) is 5.10. The van der Waals surface area contributed by atoms with Gasteiger partial charge in [-0.1, -0.05) is 11.8 Å².